The lowest BCUT2D eigenvalue weighted by atomic mass is 10.5. The summed E-state index contributed by atoms with van der Waals surface area (Å²) in [5.74, 6) is 0. The third-order valence-electron chi connectivity index (χ3n) is 0.323. The first kappa shape index (κ1) is 8.05. The Bertz CT molecular complexity index is 94.7. The van der Waals surface area contributed by atoms with Gasteiger partial charge in [0.2, 0.25) is 0 Å². The van der Waals surface area contributed by atoms with Gasteiger partial charge in [-0.05, 0) is 13.8 Å². The number of hydrogen-bond donors (Lipinski definition) is 0. The minimum atomic E-state index is -0.987. The van der Waals surface area contributed by atoms with Gasteiger partial charge in [0.05, 0.1) is 0 Å². The molecule has 0 heterocycles. The van der Waals surface area contributed by atoms with Crippen LogP contribution in [0.15, 0.2) is 0 Å². The number of carbonyl (C=O) groups is 1. The predicted octanol–water partition coefficient (Wildman–Crippen LogP) is 2.34. The number of ether oxygens (including phenoxy) is 1. The van der Waals surface area contributed by atoms with Gasteiger partial charge in [-0.1, -0.05) is 11.6 Å². The molecule has 0 rings (SSSR count). The Labute approximate surface area is 57.7 Å². The van der Waals surface area contributed by atoms with Gasteiger partial charge in [0, 0.05) is 11.6 Å². The van der Waals surface area contributed by atoms with Gasteiger partial charge < -0.3 is 4.74 Å². The maximum Gasteiger partial charge on any atom is 0.405 e. The van der Waals surface area contributed by atoms with Gasteiger partial charge in [0.25, 0.3) is 0 Å². The second-order valence-corrected chi connectivity index (χ2v) is 2.92. The molecule has 0 aromatic carbocycles. The zero-order valence-corrected chi connectivity index (χ0v) is 6.08. The van der Waals surface area contributed by atoms with E-state index in [1.807, 2.05) is 0 Å². The van der Waals surface area contributed by atoms with E-state index in [1.54, 1.807) is 0 Å². The van der Waals surface area contributed by atoms with Crippen molar-refractivity contribution in [2.24, 2.45) is 0 Å². The van der Waals surface area contributed by atoms with Gasteiger partial charge in [0.1, 0.15) is 0 Å². The number of carbonyl (C=O) groups excluding carboxylic acids is 1. The fourth-order valence-corrected chi connectivity index (χ4v) is 0.493. The summed E-state index contributed by atoms with van der Waals surface area (Å²) in [6.07, 6.45) is 0. The molecule has 8 heavy (non-hydrogen) atoms. The summed E-state index contributed by atoms with van der Waals surface area (Å²) >= 11 is 10.2. The third kappa shape index (κ3) is 6.05. The topological polar surface area (TPSA) is 26.3 Å². The first-order chi connectivity index (χ1) is 3.42. The lowest BCUT2D eigenvalue weighted by molar-refractivity contribution is 0.117. The van der Waals surface area contributed by atoms with E-state index in [0.29, 0.717) is 0 Å². The highest BCUT2D eigenvalue weighted by atomic mass is 35.5. The summed E-state index contributed by atoms with van der Waals surface area (Å²) in [5.41, 5.74) is -0.884. The van der Waals surface area contributed by atoms with Crippen LogP contribution in [0.25, 0.3) is 0 Å². The Balaban J connectivity index is 3.55. The van der Waals surface area contributed by atoms with Crippen molar-refractivity contribution in [3.8, 4) is 0 Å². The maximum atomic E-state index is 9.92. The van der Waals surface area contributed by atoms with Crippen molar-refractivity contribution in [2.45, 2.75) is 18.9 Å². The number of halogens is 2. The normalized spacial score (nSPS) is 11.0. The lowest BCUT2D eigenvalue weighted by Crippen LogP contribution is -2.16. The van der Waals surface area contributed by atoms with E-state index in [1.165, 1.54) is 13.8 Å². The van der Waals surface area contributed by atoms with Crippen LogP contribution in [-0.4, -0.2) is 10.5 Å². The van der Waals surface area contributed by atoms with Gasteiger partial charge >= 0.3 is 5.43 Å². The largest absolute Gasteiger partial charge is 0.432 e. The van der Waals surface area contributed by atoms with Crippen molar-refractivity contribution in [1.29, 1.82) is 0 Å². The quantitative estimate of drug-likeness (QED) is 0.431. The highest BCUT2D eigenvalue weighted by molar-refractivity contribution is 6.61. The monoisotopic (exact) mass is 156 g/mol. The van der Waals surface area contributed by atoms with Crippen molar-refractivity contribution in [3.63, 3.8) is 0 Å². The van der Waals surface area contributed by atoms with Crippen LogP contribution in [0.3, 0.4) is 0 Å². The Morgan fingerprint density at radius 1 is 1.62 bits per heavy atom. The van der Waals surface area contributed by atoms with Crippen molar-refractivity contribution in [3.05, 3.63) is 0 Å². The Morgan fingerprint density at radius 3 is 2.00 bits per heavy atom. The molecule has 0 N–H and O–H groups in total. The molecule has 2 nitrogen and oxygen atoms in total. The van der Waals surface area contributed by atoms with Gasteiger partial charge in [-0.2, -0.15) is 0 Å². The summed E-state index contributed by atoms with van der Waals surface area (Å²) in [6.45, 7) is 3.05. The third-order valence-corrected chi connectivity index (χ3v) is 0.477. The van der Waals surface area contributed by atoms with E-state index in [9.17, 15) is 4.79 Å². The molecular weight excluding hydrogens is 151 g/mol. The van der Waals surface area contributed by atoms with E-state index in [2.05, 4.69) is 4.74 Å². The average molecular weight is 157 g/mol. The van der Waals surface area contributed by atoms with Crippen LogP contribution in [0.1, 0.15) is 13.8 Å². The summed E-state index contributed by atoms with van der Waals surface area (Å²) < 4.78 is 4.33. The minimum Gasteiger partial charge on any atom is -0.432 e. The van der Waals surface area contributed by atoms with E-state index >= 15 is 0 Å². The maximum absolute atomic E-state index is 9.92. The number of alkyl halides is 1. The zero-order chi connectivity index (χ0) is 6.78. The van der Waals surface area contributed by atoms with E-state index in [0.717, 1.165) is 0 Å². The molecule has 0 atom stereocenters. The molecule has 0 aliphatic carbocycles. The highest BCUT2D eigenvalue weighted by Crippen LogP contribution is 2.15. The summed E-state index contributed by atoms with van der Waals surface area (Å²) in [7, 11) is 0. The second-order valence-electron chi connectivity index (χ2n) is 1.70. The smallest absolute Gasteiger partial charge is 0.405 e. The van der Waals surface area contributed by atoms with Crippen molar-refractivity contribution >= 4 is 28.6 Å². The zero-order valence-electron chi connectivity index (χ0n) is 4.57. The van der Waals surface area contributed by atoms with Gasteiger partial charge in [0.15, 0.2) is 5.06 Å². The van der Waals surface area contributed by atoms with Crippen LogP contribution < -0.4 is 0 Å². The van der Waals surface area contributed by atoms with E-state index in [-0.39, 0.29) is 0 Å². The molecule has 0 aliphatic heterocycles. The summed E-state index contributed by atoms with van der Waals surface area (Å²) in [5, 5.41) is -0.987. The van der Waals surface area contributed by atoms with Crippen LogP contribution in [0.5, 0.6) is 0 Å². The molecule has 0 saturated carbocycles. The molecule has 0 bridgehead atoms. The lowest BCUT2D eigenvalue weighted by Gasteiger charge is -2.13. The molecule has 0 saturated heterocycles. The Morgan fingerprint density at radius 2 is 2.00 bits per heavy atom. The van der Waals surface area contributed by atoms with Crippen molar-refractivity contribution in [1.82, 2.24) is 0 Å². The fourth-order valence-electron chi connectivity index (χ4n) is 0.191. The molecule has 0 aromatic heterocycles. The van der Waals surface area contributed by atoms with Crippen LogP contribution in [0, 0.1) is 0 Å². The Kier molecular flexibility index (Phi) is 2.57. The molecule has 0 aromatic rings. The minimum absolute atomic E-state index is 0.884. The van der Waals surface area contributed by atoms with E-state index in [4.69, 9.17) is 23.2 Å². The second kappa shape index (κ2) is 2.55. The van der Waals surface area contributed by atoms with Crippen LogP contribution in [0.4, 0.5) is 4.79 Å². The molecule has 0 aliphatic rings. The van der Waals surface area contributed by atoms with Crippen LogP contribution in [0.2, 0.25) is 0 Å². The van der Waals surface area contributed by atoms with Crippen molar-refractivity contribution in [2.75, 3.05) is 0 Å². The fraction of sp³-hybridized carbons (Fsp3) is 0.750. The average Bonchev–Trinajstić information content (AvgIpc) is 1.21. The standard InChI is InChI=1S/C4H6Cl2O2/c1-4(2,6)8-3(5)7/h1-2H3. The molecular formula is C4H6Cl2O2. The first-order valence-electron chi connectivity index (χ1n) is 1.99. The molecule has 0 fully saturated rings. The predicted molar refractivity (Wildman–Crippen MR) is 32.3 cm³/mol. The molecule has 0 unspecified atom stereocenters. The molecule has 48 valence electrons. The molecule has 0 spiro atoms. The van der Waals surface area contributed by atoms with Gasteiger partial charge in [-0.15, -0.1) is 0 Å². The molecule has 0 amide bonds. The van der Waals surface area contributed by atoms with Gasteiger partial charge in [-0.3, -0.25) is 0 Å². The Hall–Kier alpha value is 0.0500. The first-order valence-corrected chi connectivity index (χ1v) is 2.75. The van der Waals surface area contributed by atoms with E-state index < -0.39 is 10.5 Å². The molecule has 4 heteroatoms. The van der Waals surface area contributed by atoms with Gasteiger partial charge in [-0.25, -0.2) is 4.79 Å². The number of hydrogen-bond acceptors (Lipinski definition) is 2. The SMILES string of the molecule is CC(C)(Cl)OC(=O)Cl. The number of rotatable bonds is 1. The molecule has 0 radical (unpaired) electrons. The summed E-state index contributed by atoms with van der Waals surface area (Å²) in [4.78, 5) is 9.92. The van der Waals surface area contributed by atoms with Crippen LogP contribution in [-0.2, 0) is 4.74 Å². The van der Waals surface area contributed by atoms with Crippen LogP contribution >= 0.6 is 23.2 Å². The summed E-state index contributed by atoms with van der Waals surface area (Å²) in [6, 6.07) is 0. The van der Waals surface area contributed by atoms with Crippen molar-refractivity contribution < 1.29 is 9.53 Å². The highest BCUT2D eigenvalue weighted by Gasteiger charge is 2.16.